The van der Waals surface area contributed by atoms with Crippen molar-refractivity contribution in [2.75, 3.05) is 33.9 Å². The lowest BCUT2D eigenvalue weighted by Crippen LogP contribution is -2.54. The quantitative estimate of drug-likeness (QED) is 0.726. The molecule has 0 aliphatic carbocycles. The van der Waals surface area contributed by atoms with Crippen LogP contribution in [0.3, 0.4) is 0 Å². The van der Waals surface area contributed by atoms with Crippen molar-refractivity contribution in [1.82, 2.24) is 15.5 Å². The number of benzene rings is 2. The van der Waals surface area contributed by atoms with Crippen molar-refractivity contribution >= 4 is 5.91 Å². The molecule has 0 bridgehead atoms. The van der Waals surface area contributed by atoms with E-state index >= 15 is 0 Å². The van der Waals surface area contributed by atoms with E-state index in [1.807, 2.05) is 43.3 Å². The predicted molar refractivity (Wildman–Crippen MR) is 129 cm³/mol. The lowest BCUT2D eigenvalue weighted by Gasteiger charge is -2.49. The van der Waals surface area contributed by atoms with Crippen LogP contribution >= 0.6 is 0 Å². The number of ether oxygens (including phenoxy) is 2. The van der Waals surface area contributed by atoms with Gasteiger partial charge in [0.05, 0.1) is 25.8 Å². The fraction of sp³-hybridized carbons (Fsp3) is 0.519. The second-order valence-corrected chi connectivity index (χ2v) is 9.63. The minimum atomic E-state index is -0.135. The van der Waals surface area contributed by atoms with Gasteiger partial charge in [-0.05, 0) is 62.3 Å². The second-order valence-electron chi connectivity index (χ2n) is 9.63. The molecule has 1 unspecified atom stereocenters. The third-order valence-electron chi connectivity index (χ3n) is 7.78. The molecule has 4 atom stereocenters. The number of nitrogens with zero attached hydrogens (tertiary/aromatic N) is 1. The Labute approximate surface area is 196 Å². The van der Waals surface area contributed by atoms with Crippen LogP contribution < -0.4 is 20.1 Å². The summed E-state index contributed by atoms with van der Waals surface area (Å²) in [6.07, 6.45) is 4.58. The van der Waals surface area contributed by atoms with Gasteiger partial charge in [-0.25, -0.2) is 0 Å². The Hall–Kier alpha value is -2.57. The zero-order valence-corrected chi connectivity index (χ0v) is 19.9. The number of piperidine rings is 2. The van der Waals surface area contributed by atoms with Gasteiger partial charge >= 0.3 is 0 Å². The van der Waals surface area contributed by atoms with E-state index in [9.17, 15) is 4.79 Å². The fourth-order valence-corrected chi connectivity index (χ4v) is 6.10. The Morgan fingerprint density at radius 3 is 2.73 bits per heavy atom. The van der Waals surface area contributed by atoms with Gasteiger partial charge in [0.15, 0.2) is 11.5 Å². The molecule has 6 heteroatoms. The van der Waals surface area contributed by atoms with Crippen LogP contribution in [0.4, 0.5) is 0 Å². The fourth-order valence-electron chi connectivity index (χ4n) is 6.10. The van der Waals surface area contributed by atoms with Gasteiger partial charge in [0, 0.05) is 30.7 Å². The molecule has 2 aromatic carbocycles. The zero-order valence-electron chi connectivity index (χ0n) is 19.9. The van der Waals surface area contributed by atoms with Gasteiger partial charge in [-0.3, -0.25) is 9.69 Å². The molecule has 0 aromatic heterocycles. The van der Waals surface area contributed by atoms with Crippen molar-refractivity contribution in [1.29, 1.82) is 0 Å². The first kappa shape index (κ1) is 22.2. The molecule has 2 fully saturated rings. The first-order valence-electron chi connectivity index (χ1n) is 12.2. The molecular formula is C27H35N3O3. The van der Waals surface area contributed by atoms with E-state index in [0.29, 0.717) is 23.4 Å². The van der Waals surface area contributed by atoms with Crippen LogP contribution in [-0.2, 0) is 6.42 Å². The van der Waals surface area contributed by atoms with Crippen LogP contribution in [0.15, 0.2) is 36.4 Å². The summed E-state index contributed by atoms with van der Waals surface area (Å²) in [4.78, 5) is 16.0. The van der Waals surface area contributed by atoms with Crippen molar-refractivity contribution < 1.29 is 14.3 Å². The highest BCUT2D eigenvalue weighted by Gasteiger charge is 2.42. The van der Waals surface area contributed by atoms with Crippen LogP contribution in [0.1, 0.15) is 65.3 Å². The molecule has 2 N–H and O–H groups in total. The molecule has 3 heterocycles. The molecule has 6 nitrogen and oxygen atoms in total. The third kappa shape index (κ3) is 4.11. The number of hydrogen-bond acceptors (Lipinski definition) is 5. The molecule has 176 valence electrons. The SMILES string of the molecule is COc1c(C(=O)NC(C)c2ccccc2)cc2c(c1OC)[C@@H]1C[C@@H]3NCCC[C@@H]3CN1CC2. The third-order valence-corrected chi connectivity index (χ3v) is 7.78. The van der Waals surface area contributed by atoms with E-state index < -0.39 is 0 Å². The largest absolute Gasteiger partial charge is 0.492 e. The monoisotopic (exact) mass is 449 g/mol. The smallest absolute Gasteiger partial charge is 0.255 e. The van der Waals surface area contributed by atoms with E-state index in [0.717, 1.165) is 49.7 Å². The van der Waals surface area contributed by atoms with Crippen LogP contribution in [0.25, 0.3) is 0 Å². The molecule has 0 saturated carbocycles. The zero-order chi connectivity index (χ0) is 22.9. The first-order valence-corrected chi connectivity index (χ1v) is 12.2. The van der Waals surface area contributed by atoms with Gasteiger partial charge in [-0.15, -0.1) is 0 Å². The average Bonchev–Trinajstić information content (AvgIpc) is 2.86. The highest BCUT2D eigenvalue weighted by molar-refractivity contribution is 5.98. The van der Waals surface area contributed by atoms with Gasteiger partial charge in [0.2, 0.25) is 0 Å². The summed E-state index contributed by atoms with van der Waals surface area (Å²) in [5, 5.41) is 6.90. The molecule has 3 aliphatic heterocycles. The summed E-state index contributed by atoms with van der Waals surface area (Å²) in [5.41, 5.74) is 4.04. The Morgan fingerprint density at radius 1 is 1.18 bits per heavy atom. The summed E-state index contributed by atoms with van der Waals surface area (Å²) < 4.78 is 11.8. The van der Waals surface area contributed by atoms with Crippen LogP contribution in [0.5, 0.6) is 11.5 Å². The molecule has 0 radical (unpaired) electrons. The highest BCUT2D eigenvalue weighted by atomic mass is 16.5. The summed E-state index contributed by atoms with van der Waals surface area (Å²) >= 11 is 0. The van der Waals surface area contributed by atoms with Crippen molar-refractivity contribution in [3.63, 3.8) is 0 Å². The van der Waals surface area contributed by atoms with E-state index in [-0.39, 0.29) is 11.9 Å². The number of nitrogens with one attached hydrogen (secondary N) is 2. The minimum Gasteiger partial charge on any atom is -0.492 e. The number of methoxy groups -OCH3 is 2. The maximum absolute atomic E-state index is 13.4. The van der Waals surface area contributed by atoms with Crippen molar-refractivity contribution in [2.45, 2.75) is 50.7 Å². The number of amides is 1. The Kier molecular flexibility index (Phi) is 6.30. The Bertz CT molecular complexity index is 1010. The van der Waals surface area contributed by atoms with Gasteiger partial charge in [-0.1, -0.05) is 30.3 Å². The molecule has 2 saturated heterocycles. The number of rotatable bonds is 5. The first-order chi connectivity index (χ1) is 16.1. The molecule has 0 spiro atoms. The maximum atomic E-state index is 13.4. The minimum absolute atomic E-state index is 0.103. The summed E-state index contributed by atoms with van der Waals surface area (Å²) in [6, 6.07) is 12.8. The Balaban J connectivity index is 1.48. The predicted octanol–water partition coefficient (Wildman–Crippen LogP) is 3.87. The van der Waals surface area contributed by atoms with Gasteiger partial charge in [-0.2, -0.15) is 0 Å². The number of hydrogen-bond donors (Lipinski definition) is 2. The Morgan fingerprint density at radius 2 is 1.97 bits per heavy atom. The molecule has 5 rings (SSSR count). The highest BCUT2D eigenvalue weighted by Crippen LogP contribution is 2.48. The molecule has 3 aliphatic rings. The molecular weight excluding hydrogens is 414 g/mol. The van der Waals surface area contributed by atoms with Gasteiger partial charge in [0.25, 0.3) is 5.91 Å². The molecule has 33 heavy (non-hydrogen) atoms. The standard InChI is InChI=1S/C27H35N3O3/c1-17(18-8-5-4-6-9-18)29-27(31)21-14-19-11-13-30-16-20-10-7-12-28-22(20)15-23(30)24(19)26(33-3)25(21)32-2/h4-6,8-9,14,17,20,22-23,28H,7,10-13,15-16H2,1-3H3,(H,29,31)/t17?,20-,22+,23+/m1/s1. The summed E-state index contributed by atoms with van der Waals surface area (Å²) in [7, 11) is 3.32. The van der Waals surface area contributed by atoms with Crippen molar-refractivity contribution in [2.24, 2.45) is 5.92 Å². The number of carbonyl (C=O) groups is 1. The maximum Gasteiger partial charge on any atom is 0.255 e. The van der Waals surface area contributed by atoms with E-state index in [1.165, 1.54) is 24.0 Å². The van der Waals surface area contributed by atoms with E-state index in [1.54, 1.807) is 14.2 Å². The topological polar surface area (TPSA) is 62.8 Å². The lowest BCUT2D eigenvalue weighted by molar-refractivity contribution is 0.0535. The van der Waals surface area contributed by atoms with Crippen LogP contribution in [0.2, 0.25) is 0 Å². The summed E-state index contributed by atoms with van der Waals surface area (Å²) in [6.45, 7) is 5.27. The van der Waals surface area contributed by atoms with E-state index in [2.05, 4.69) is 15.5 Å². The molecule has 1 amide bonds. The average molecular weight is 450 g/mol. The van der Waals surface area contributed by atoms with Crippen LogP contribution in [0, 0.1) is 5.92 Å². The normalized spacial score (nSPS) is 25.2. The van der Waals surface area contributed by atoms with E-state index in [4.69, 9.17) is 9.47 Å². The van der Waals surface area contributed by atoms with Gasteiger partial charge < -0.3 is 20.1 Å². The summed E-state index contributed by atoms with van der Waals surface area (Å²) in [5.74, 6) is 1.85. The second kappa shape index (κ2) is 9.35. The van der Waals surface area contributed by atoms with Crippen molar-refractivity contribution in [3.05, 3.63) is 58.7 Å². The van der Waals surface area contributed by atoms with Crippen LogP contribution in [-0.4, -0.2) is 50.7 Å². The lowest BCUT2D eigenvalue weighted by atomic mass is 9.77. The molecule has 2 aromatic rings. The number of fused-ring (bicyclic) bond motifs is 4. The van der Waals surface area contributed by atoms with Gasteiger partial charge in [0.1, 0.15) is 0 Å². The van der Waals surface area contributed by atoms with Crippen molar-refractivity contribution in [3.8, 4) is 11.5 Å². The number of carbonyl (C=O) groups excluding carboxylic acids is 1.